The van der Waals surface area contributed by atoms with Gasteiger partial charge in [-0.2, -0.15) is 0 Å². The fraction of sp³-hybridized carbons (Fsp3) is 0.118. The zero-order chi connectivity index (χ0) is 14.8. The van der Waals surface area contributed by atoms with Gasteiger partial charge < -0.3 is 9.52 Å². The first-order chi connectivity index (χ1) is 10.1. The zero-order valence-electron chi connectivity index (χ0n) is 11.2. The molecule has 0 bridgehead atoms. The summed E-state index contributed by atoms with van der Waals surface area (Å²) in [4.78, 5) is 10.9. The van der Waals surface area contributed by atoms with E-state index in [4.69, 9.17) is 9.52 Å². The van der Waals surface area contributed by atoms with E-state index < -0.39 is 5.97 Å². The molecular formula is C17H13FO3. The van der Waals surface area contributed by atoms with E-state index in [1.165, 1.54) is 18.2 Å². The molecular weight excluding hydrogens is 271 g/mol. The first-order valence-electron chi connectivity index (χ1n) is 6.62. The van der Waals surface area contributed by atoms with Crippen molar-refractivity contribution in [2.24, 2.45) is 0 Å². The minimum Gasteiger partial charge on any atom is -0.478 e. The topological polar surface area (TPSA) is 50.4 Å². The summed E-state index contributed by atoms with van der Waals surface area (Å²) in [5, 5.41) is 9.84. The number of hydrogen-bond donors (Lipinski definition) is 1. The lowest BCUT2D eigenvalue weighted by molar-refractivity contribution is 0.0697. The Kier molecular flexibility index (Phi) is 3.44. The van der Waals surface area contributed by atoms with E-state index in [9.17, 15) is 9.18 Å². The average molecular weight is 284 g/mol. The number of halogens is 1. The molecule has 0 saturated carbocycles. The highest BCUT2D eigenvalue weighted by atomic mass is 19.1. The van der Waals surface area contributed by atoms with Gasteiger partial charge in [0.2, 0.25) is 0 Å². The maximum Gasteiger partial charge on any atom is 0.335 e. The molecule has 0 amide bonds. The molecule has 3 rings (SSSR count). The van der Waals surface area contributed by atoms with Crippen LogP contribution in [0.4, 0.5) is 4.39 Å². The Bertz CT molecular complexity index is 787. The van der Waals surface area contributed by atoms with E-state index in [0.717, 1.165) is 23.1 Å². The first-order valence-corrected chi connectivity index (χ1v) is 6.62. The van der Waals surface area contributed by atoms with Gasteiger partial charge in [-0.25, -0.2) is 9.18 Å². The van der Waals surface area contributed by atoms with Crippen molar-refractivity contribution in [1.29, 1.82) is 0 Å². The third kappa shape index (κ3) is 2.94. The van der Waals surface area contributed by atoms with Crippen molar-refractivity contribution in [3.63, 3.8) is 0 Å². The molecule has 21 heavy (non-hydrogen) atoms. The molecule has 3 nitrogen and oxygen atoms in total. The molecule has 0 fully saturated rings. The fourth-order valence-corrected chi connectivity index (χ4v) is 2.26. The Balaban J connectivity index is 1.78. The lowest BCUT2D eigenvalue weighted by Gasteiger charge is -1.98. The number of carbonyl (C=O) groups is 1. The van der Waals surface area contributed by atoms with Crippen LogP contribution in [-0.2, 0) is 12.8 Å². The van der Waals surface area contributed by atoms with Crippen LogP contribution in [0.2, 0.25) is 0 Å². The van der Waals surface area contributed by atoms with Gasteiger partial charge in [0, 0.05) is 11.8 Å². The van der Waals surface area contributed by atoms with Crippen LogP contribution in [0, 0.1) is 5.82 Å². The third-order valence-electron chi connectivity index (χ3n) is 3.39. The standard InChI is InChI=1S/C17H13FO3/c18-14-6-1-11(2-7-14)3-8-15-9-12-4-5-13(17(19)20)10-16(12)21-15/h1-2,4-7,9-10H,3,8H2,(H,19,20). The molecule has 1 N–H and O–H groups in total. The van der Waals surface area contributed by atoms with Crippen LogP contribution < -0.4 is 0 Å². The summed E-state index contributed by atoms with van der Waals surface area (Å²) in [5.41, 5.74) is 1.81. The van der Waals surface area contributed by atoms with Gasteiger partial charge in [0.15, 0.2) is 0 Å². The number of hydrogen-bond acceptors (Lipinski definition) is 2. The van der Waals surface area contributed by atoms with E-state index in [1.807, 2.05) is 6.07 Å². The highest BCUT2D eigenvalue weighted by molar-refractivity contribution is 5.92. The minimum atomic E-state index is -0.971. The zero-order valence-corrected chi connectivity index (χ0v) is 11.2. The SMILES string of the molecule is O=C(O)c1ccc2cc(CCc3ccc(F)cc3)oc2c1. The largest absolute Gasteiger partial charge is 0.478 e. The van der Waals surface area contributed by atoms with Crippen LogP contribution in [0.5, 0.6) is 0 Å². The van der Waals surface area contributed by atoms with Crippen molar-refractivity contribution in [1.82, 2.24) is 0 Å². The van der Waals surface area contributed by atoms with E-state index in [0.29, 0.717) is 12.0 Å². The van der Waals surface area contributed by atoms with Gasteiger partial charge >= 0.3 is 5.97 Å². The van der Waals surface area contributed by atoms with Crippen molar-refractivity contribution in [2.45, 2.75) is 12.8 Å². The van der Waals surface area contributed by atoms with Gasteiger partial charge in [-0.3, -0.25) is 0 Å². The van der Waals surface area contributed by atoms with Crippen molar-refractivity contribution < 1.29 is 18.7 Å². The van der Waals surface area contributed by atoms with E-state index >= 15 is 0 Å². The molecule has 0 atom stereocenters. The Hall–Kier alpha value is -2.62. The maximum absolute atomic E-state index is 12.8. The van der Waals surface area contributed by atoms with Crippen molar-refractivity contribution in [2.75, 3.05) is 0 Å². The molecule has 0 radical (unpaired) electrons. The second-order valence-electron chi connectivity index (χ2n) is 4.90. The van der Waals surface area contributed by atoms with Crippen LogP contribution in [-0.4, -0.2) is 11.1 Å². The highest BCUT2D eigenvalue weighted by Gasteiger charge is 2.08. The summed E-state index contributed by atoms with van der Waals surface area (Å²) in [6, 6.07) is 13.1. The Morgan fingerprint density at radius 1 is 1.05 bits per heavy atom. The molecule has 2 aromatic carbocycles. The van der Waals surface area contributed by atoms with Gasteiger partial charge in [-0.1, -0.05) is 18.2 Å². The molecule has 0 unspecified atom stereocenters. The van der Waals surface area contributed by atoms with Gasteiger partial charge in [0.05, 0.1) is 5.56 Å². The lowest BCUT2D eigenvalue weighted by Crippen LogP contribution is -1.94. The number of furan rings is 1. The van der Waals surface area contributed by atoms with Gasteiger partial charge in [0.25, 0.3) is 0 Å². The normalized spacial score (nSPS) is 10.9. The number of fused-ring (bicyclic) bond motifs is 1. The smallest absolute Gasteiger partial charge is 0.335 e. The monoisotopic (exact) mass is 284 g/mol. The summed E-state index contributed by atoms with van der Waals surface area (Å²) >= 11 is 0. The fourth-order valence-electron chi connectivity index (χ4n) is 2.26. The number of aromatic carboxylic acids is 1. The van der Waals surface area contributed by atoms with Crippen molar-refractivity contribution in [3.8, 4) is 0 Å². The molecule has 0 aliphatic carbocycles. The molecule has 4 heteroatoms. The molecule has 106 valence electrons. The third-order valence-corrected chi connectivity index (χ3v) is 3.39. The Morgan fingerprint density at radius 2 is 1.81 bits per heavy atom. The lowest BCUT2D eigenvalue weighted by atomic mass is 10.1. The van der Waals surface area contributed by atoms with E-state index in [2.05, 4.69) is 0 Å². The predicted octanol–water partition coefficient (Wildman–Crippen LogP) is 4.06. The second kappa shape index (κ2) is 5.40. The number of benzene rings is 2. The van der Waals surface area contributed by atoms with E-state index in [-0.39, 0.29) is 11.4 Å². The quantitative estimate of drug-likeness (QED) is 0.786. The number of rotatable bonds is 4. The van der Waals surface area contributed by atoms with Gasteiger partial charge in [-0.05, 0) is 42.3 Å². The van der Waals surface area contributed by atoms with Crippen LogP contribution in [0.25, 0.3) is 11.0 Å². The molecule has 1 aromatic heterocycles. The Morgan fingerprint density at radius 3 is 2.52 bits per heavy atom. The summed E-state index contributed by atoms with van der Waals surface area (Å²) in [6.45, 7) is 0. The minimum absolute atomic E-state index is 0.210. The average Bonchev–Trinajstić information content (AvgIpc) is 2.88. The molecule has 0 spiro atoms. The highest BCUT2D eigenvalue weighted by Crippen LogP contribution is 2.22. The maximum atomic E-state index is 12.8. The molecule has 0 aliphatic heterocycles. The summed E-state index contributed by atoms with van der Waals surface area (Å²) < 4.78 is 18.5. The summed E-state index contributed by atoms with van der Waals surface area (Å²) in [5.74, 6) is -0.429. The molecule has 0 saturated heterocycles. The van der Waals surface area contributed by atoms with Crippen LogP contribution in [0.3, 0.4) is 0 Å². The van der Waals surface area contributed by atoms with Crippen LogP contribution in [0.1, 0.15) is 21.7 Å². The number of carboxylic acid groups (broad SMARTS) is 1. The van der Waals surface area contributed by atoms with Crippen molar-refractivity contribution in [3.05, 3.63) is 71.2 Å². The second-order valence-corrected chi connectivity index (χ2v) is 4.90. The summed E-state index contributed by atoms with van der Waals surface area (Å²) in [6.07, 6.45) is 1.43. The first kappa shape index (κ1) is 13.4. The van der Waals surface area contributed by atoms with Crippen LogP contribution >= 0.6 is 0 Å². The Labute approximate surface area is 120 Å². The number of aryl methyl sites for hydroxylation is 2. The molecule has 3 aromatic rings. The molecule has 1 heterocycles. The number of carboxylic acids is 1. The van der Waals surface area contributed by atoms with Gasteiger partial charge in [0.1, 0.15) is 17.2 Å². The van der Waals surface area contributed by atoms with Gasteiger partial charge in [-0.15, -0.1) is 0 Å². The predicted molar refractivity (Wildman–Crippen MR) is 77.0 cm³/mol. The van der Waals surface area contributed by atoms with Crippen LogP contribution in [0.15, 0.2) is 52.9 Å². The summed E-state index contributed by atoms with van der Waals surface area (Å²) in [7, 11) is 0. The van der Waals surface area contributed by atoms with E-state index in [1.54, 1.807) is 24.3 Å². The molecule has 0 aliphatic rings. The van der Waals surface area contributed by atoms with Crippen molar-refractivity contribution >= 4 is 16.9 Å².